The molecular formula is C34H37N5O5S. The Labute approximate surface area is 265 Å². The molecule has 1 atom stereocenters. The van der Waals surface area contributed by atoms with Gasteiger partial charge in [0.05, 0.1) is 36.1 Å². The number of aromatic nitrogens is 2. The molecule has 1 fully saturated rings. The van der Waals surface area contributed by atoms with Gasteiger partial charge < -0.3 is 23.8 Å². The standard InChI is InChI=1S/C34H37N5O5S/c1-5-36(6-2)33(42)30-22(3)35-34-39(31(30)25-12-8-10-14-27(25)43-4)32(41)28(45-34)19-23-20-38(26-13-9-7-11-24(23)26)21-29(40)37-15-17-44-18-16-37/h7-14,19-20,31H,5-6,15-18,21H2,1-4H3/b28-19-/t31-/m0/s1. The second-order valence-electron chi connectivity index (χ2n) is 11.0. The summed E-state index contributed by atoms with van der Waals surface area (Å²) in [6, 6.07) is 14.7. The fourth-order valence-corrected chi connectivity index (χ4v) is 7.22. The van der Waals surface area contributed by atoms with Crippen LogP contribution < -0.4 is 19.6 Å². The van der Waals surface area contributed by atoms with Gasteiger partial charge in [-0.2, -0.15) is 0 Å². The fraction of sp³-hybridized carbons (Fsp3) is 0.353. The number of fused-ring (bicyclic) bond motifs is 2. The van der Waals surface area contributed by atoms with Crippen LogP contribution in [0.4, 0.5) is 0 Å². The molecule has 0 spiro atoms. The number of rotatable bonds is 8. The summed E-state index contributed by atoms with van der Waals surface area (Å²) in [6.45, 7) is 9.22. The number of nitrogens with zero attached hydrogens (tertiary/aromatic N) is 5. The largest absolute Gasteiger partial charge is 0.496 e. The summed E-state index contributed by atoms with van der Waals surface area (Å²) in [5.41, 5.74) is 3.25. The maximum absolute atomic E-state index is 14.3. The van der Waals surface area contributed by atoms with Gasteiger partial charge in [0.15, 0.2) is 4.80 Å². The Bertz CT molecular complexity index is 1980. The zero-order chi connectivity index (χ0) is 31.7. The number of likely N-dealkylation sites (N-methyl/N-ethyl adjacent to an activating group) is 1. The number of hydrogen-bond donors (Lipinski definition) is 0. The van der Waals surface area contributed by atoms with Crippen LogP contribution in [0.1, 0.15) is 37.9 Å². The lowest BCUT2D eigenvalue weighted by molar-refractivity contribution is -0.135. The molecule has 1 saturated heterocycles. The van der Waals surface area contributed by atoms with Crippen LogP contribution in [-0.2, 0) is 20.9 Å². The molecule has 234 valence electrons. The smallest absolute Gasteiger partial charge is 0.271 e. The van der Waals surface area contributed by atoms with Gasteiger partial charge in [-0.25, -0.2) is 4.99 Å². The number of benzene rings is 2. The predicted molar refractivity (Wildman–Crippen MR) is 174 cm³/mol. The van der Waals surface area contributed by atoms with E-state index in [4.69, 9.17) is 14.5 Å². The van der Waals surface area contributed by atoms with Gasteiger partial charge in [0, 0.05) is 54.4 Å². The average molecular weight is 628 g/mol. The summed E-state index contributed by atoms with van der Waals surface area (Å²) in [5, 5.41) is 0.938. The number of morpholine rings is 1. The Kier molecular flexibility index (Phi) is 8.73. The second kappa shape index (κ2) is 12.9. The Morgan fingerprint density at radius 2 is 1.80 bits per heavy atom. The quantitative estimate of drug-likeness (QED) is 0.299. The lowest BCUT2D eigenvalue weighted by Gasteiger charge is -2.29. The average Bonchev–Trinajstić information content (AvgIpc) is 3.57. The highest BCUT2D eigenvalue weighted by Crippen LogP contribution is 2.36. The molecule has 0 unspecified atom stereocenters. The maximum atomic E-state index is 14.3. The lowest BCUT2D eigenvalue weighted by atomic mass is 9.94. The summed E-state index contributed by atoms with van der Waals surface area (Å²) in [5.74, 6) is 0.465. The van der Waals surface area contributed by atoms with Crippen LogP contribution in [0.15, 0.2) is 75.8 Å². The van der Waals surface area contributed by atoms with Crippen molar-refractivity contribution in [1.29, 1.82) is 0 Å². The first kappa shape index (κ1) is 30.5. The normalized spacial score (nSPS) is 16.9. The minimum absolute atomic E-state index is 0.0302. The van der Waals surface area contributed by atoms with E-state index in [1.165, 1.54) is 11.3 Å². The Hall–Kier alpha value is -4.48. The van der Waals surface area contributed by atoms with Crippen molar-refractivity contribution in [3.8, 4) is 5.75 Å². The van der Waals surface area contributed by atoms with Gasteiger partial charge in [-0.15, -0.1) is 0 Å². The molecule has 4 heterocycles. The van der Waals surface area contributed by atoms with Crippen LogP contribution in [-0.4, -0.2) is 77.3 Å². The zero-order valence-electron chi connectivity index (χ0n) is 26.0. The fourth-order valence-electron chi connectivity index (χ4n) is 6.18. The highest BCUT2D eigenvalue weighted by Gasteiger charge is 2.35. The van der Waals surface area contributed by atoms with Crippen LogP contribution in [0.2, 0.25) is 0 Å². The van der Waals surface area contributed by atoms with E-state index in [2.05, 4.69) is 0 Å². The number of hydrogen-bond acceptors (Lipinski definition) is 7. The minimum Gasteiger partial charge on any atom is -0.496 e. The van der Waals surface area contributed by atoms with Gasteiger partial charge in [-0.3, -0.25) is 19.0 Å². The number of carbonyl (C=O) groups excluding carboxylic acids is 2. The molecule has 2 aliphatic rings. The predicted octanol–water partition coefficient (Wildman–Crippen LogP) is 2.93. The molecule has 2 aliphatic heterocycles. The van der Waals surface area contributed by atoms with Gasteiger partial charge >= 0.3 is 0 Å². The number of para-hydroxylation sites is 2. The van der Waals surface area contributed by atoms with E-state index in [0.717, 1.165) is 22.0 Å². The molecule has 10 nitrogen and oxygen atoms in total. The molecule has 2 aromatic carbocycles. The number of methoxy groups -OCH3 is 1. The summed E-state index contributed by atoms with van der Waals surface area (Å²) < 4.78 is 15.2. The van der Waals surface area contributed by atoms with Crippen molar-refractivity contribution in [2.75, 3.05) is 46.5 Å². The highest BCUT2D eigenvalue weighted by atomic mass is 32.1. The summed E-state index contributed by atoms with van der Waals surface area (Å²) >= 11 is 1.29. The van der Waals surface area contributed by atoms with E-state index < -0.39 is 6.04 Å². The van der Waals surface area contributed by atoms with E-state index in [9.17, 15) is 14.4 Å². The van der Waals surface area contributed by atoms with Crippen LogP contribution in [0.3, 0.4) is 0 Å². The SMILES string of the molecule is CCN(CC)C(=O)C1=C(C)N=c2s/c(=C\c3cn(CC(=O)N4CCOCC4)c4ccccc34)c(=O)n2[C@H]1c1ccccc1OC. The topological polar surface area (TPSA) is 98.4 Å². The van der Waals surface area contributed by atoms with Gasteiger partial charge in [-0.1, -0.05) is 47.7 Å². The summed E-state index contributed by atoms with van der Waals surface area (Å²) in [6.07, 6.45) is 3.80. The van der Waals surface area contributed by atoms with Gasteiger partial charge in [0.1, 0.15) is 18.3 Å². The Morgan fingerprint density at radius 1 is 1.09 bits per heavy atom. The van der Waals surface area contributed by atoms with Crippen molar-refractivity contribution >= 4 is 40.1 Å². The van der Waals surface area contributed by atoms with Crippen molar-refractivity contribution in [2.24, 2.45) is 4.99 Å². The van der Waals surface area contributed by atoms with E-state index in [0.29, 0.717) is 65.7 Å². The number of ether oxygens (including phenoxy) is 2. The van der Waals surface area contributed by atoms with Crippen molar-refractivity contribution in [3.63, 3.8) is 0 Å². The summed E-state index contributed by atoms with van der Waals surface area (Å²) in [4.78, 5) is 50.3. The second-order valence-corrected chi connectivity index (χ2v) is 12.0. The molecule has 45 heavy (non-hydrogen) atoms. The molecule has 2 aromatic heterocycles. The van der Waals surface area contributed by atoms with Crippen molar-refractivity contribution in [3.05, 3.63) is 96.8 Å². The first-order valence-corrected chi connectivity index (χ1v) is 16.1. The molecule has 0 radical (unpaired) electrons. The first-order chi connectivity index (χ1) is 21.9. The lowest BCUT2D eigenvalue weighted by Crippen LogP contribution is -2.43. The molecule has 0 bridgehead atoms. The highest BCUT2D eigenvalue weighted by molar-refractivity contribution is 7.07. The van der Waals surface area contributed by atoms with Crippen molar-refractivity contribution in [2.45, 2.75) is 33.4 Å². The molecule has 0 N–H and O–H groups in total. The minimum atomic E-state index is -0.708. The van der Waals surface area contributed by atoms with Gasteiger partial charge in [0.2, 0.25) is 5.91 Å². The molecular weight excluding hydrogens is 590 g/mol. The zero-order valence-corrected chi connectivity index (χ0v) is 26.8. The summed E-state index contributed by atoms with van der Waals surface area (Å²) in [7, 11) is 1.59. The third-order valence-electron chi connectivity index (χ3n) is 8.51. The van der Waals surface area contributed by atoms with Crippen LogP contribution in [0, 0.1) is 0 Å². The molecule has 11 heteroatoms. The molecule has 4 aromatic rings. The third kappa shape index (κ3) is 5.62. The van der Waals surface area contributed by atoms with Gasteiger partial charge in [-0.05, 0) is 39.0 Å². The van der Waals surface area contributed by atoms with Crippen molar-refractivity contribution < 1.29 is 19.1 Å². The molecule has 2 amide bonds. The molecule has 0 aliphatic carbocycles. The van der Waals surface area contributed by atoms with E-state index in [-0.39, 0.29) is 23.9 Å². The molecule has 0 saturated carbocycles. The monoisotopic (exact) mass is 627 g/mol. The van der Waals surface area contributed by atoms with Crippen LogP contribution in [0.25, 0.3) is 17.0 Å². The van der Waals surface area contributed by atoms with Gasteiger partial charge in [0.25, 0.3) is 11.5 Å². The van der Waals surface area contributed by atoms with E-state index >= 15 is 0 Å². The Morgan fingerprint density at radius 3 is 2.53 bits per heavy atom. The number of amides is 2. The van der Waals surface area contributed by atoms with Crippen LogP contribution >= 0.6 is 11.3 Å². The number of thiazole rings is 1. The number of allylic oxidation sites excluding steroid dienone is 1. The van der Waals surface area contributed by atoms with E-state index in [1.807, 2.05) is 91.0 Å². The Balaban J connectivity index is 1.49. The first-order valence-electron chi connectivity index (χ1n) is 15.2. The number of carbonyl (C=O) groups is 2. The van der Waals surface area contributed by atoms with E-state index in [1.54, 1.807) is 16.6 Å². The third-order valence-corrected chi connectivity index (χ3v) is 9.49. The van der Waals surface area contributed by atoms with Crippen LogP contribution in [0.5, 0.6) is 5.75 Å². The maximum Gasteiger partial charge on any atom is 0.271 e. The van der Waals surface area contributed by atoms with Crippen molar-refractivity contribution in [1.82, 2.24) is 18.9 Å². The molecule has 6 rings (SSSR count).